The Labute approximate surface area is 163 Å². The minimum Gasteiger partial charge on any atom is -0.486 e. The van der Waals surface area contributed by atoms with Crippen LogP contribution in [0.1, 0.15) is 23.0 Å². The van der Waals surface area contributed by atoms with Crippen LogP contribution < -0.4 is 4.74 Å². The molecule has 1 aliphatic rings. The summed E-state index contributed by atoms with van der Waals surface area (Å²) in [5.74, 6) is 0.510. The Balaban J connectivity index is 1.46. The van der Waals surface area contributed by atoms with Gasteiger partial charge < -0.3 is 18.9 Å². The van der Waals surface area contributed by atoms with Gasteiger partial charge in [-0.2, -0.15) is 0 Å². The van der Waals surface area contributed by atoms with E-state index >= 15 is 0 Å². The number of aromatic nitrogens is 2. The number of hydrogen-bond acceptors (Lipinski definition) is 4. The Kier molecular flexibility index (Phi) is 4.97. The smallest absolute Gasteiger partial charge is 0.257 e. The van der Waals surface area contributed by atoms with Crippen LogP contribution in [0.3, 0.4) is 0 Å². The monoisotopic (exact) mass is 378 g/mol. The SMILES string of the molecule is CC(=O)N1CCN(C(=O)c2ccccc2OCc2cn3ccccc3n2)CC1. The first-order valence-corrected chi connectivity index (χ1v) is 9.31. The molecule has 0 unspecified atom stereocenters. The van der Waals surface area contributed by atoms with Crippen molar-refractivity contribution in [1.29, 1.82) is 0 Å². The minimum absolute atomic E-state index is 0.0447. The molecule has 1 aromatic carbocycles. The maximum absolute atomic E-state index is 13.0. The molecule has 0 saturated carbocycles. The highest BCUT2D eigenvalue weighted by atomic mass is 16.5. The van der Waals surface area contributed by atoms with Gasteiger partial charge in [-0.05, 0) is 24.3 Å². The predicted molar refractivity (Wildman–Crippen MR) is 104 cm³/mol. The maximum atomic E-state index is 13.0. The lowest BCUT2D eigenvalue weighted by Crippen LogP contribution is -2.50. The molecule has 0 atom stereocenters. The van der Waals surface area contributed by atoms with Crippen molar-refractivity contribution in [2.24, 2.45) is 0 Å². The average molecular weight is 378 g/mol. The molecule has 7 nitrogen and oxygen atoms in total. The van der Waals surface area contributed by atoms with Crippen LogP contribution in [0.25, 0.3) is 5.65 Å². The van der Waals surface area contributed by atoms with E-state index in [0.717, 1.165) is 11.3 Å². The predicted octanol–water partition coefficient (Wildman–Crippen LogP) is 2.22. The molecule has 0 spiro atoms. The van der Waals surface area contributed by atoms with Gasteiger partial charge in [-0.1, -0.05) is 18.2 Å². The third kappa shape index (κ3) is 3.69. The van der Waals surface area contributed by atoms with Gasteiger partial charge in [-0.15, -0.1) is 0 Å². The summed E-state index contributed by atoms with van der Waals surface area (Å²) in [5.41, 5.74) is 2.18. The molecule has 0 N–H and O–H groups in total. The largest absolute Gasteiger partial charge is 0.486 e. The van der Waals surface area contributed by atoms with E-state index < -0.39 is 0 Å². The molecule has 7 heteroatoms. The number of benzene rings is 1. The van der Waals surface area contributed by atoms with Crippen molar-refractivity contribution in [1.82, 2.24) is 19.2 Å². The minimum atomic E-state index is -0.0752. The Morgan fingerprint density at radius 3 is 2.46 bits per heavy atom. The van der Waals surface area contributed by atoms with Gasteiger partial charge >= 0.3 is 0 Å². The summed E-state index contributed by atoms with van der Waals surface area (Å²) in [6.45, 7) is 4.01. The molecular weight excluding hydrogens is 356 g/mol. The zero-order valence-corrected chi connectivity index (χ0v) is 15.7. The number of amides is 2. The van der Waals surface area contributed by atoms with E-state index in [1.165, 1.54) is 0 Å². The fraction of sp³-hybridized carbons (Fsp3) is 0.286. The molecule has 2 amide bonds. The zero-order chi connectivity index (χ0) is 19.5. The van der Waals surface area contributed by atoms with E-state index in [0.29, 0.717) is 37.5 Å². The van der Waals surface area contributed by atoms with Gasteiger partial charge in [0.1, 0.15) is 18.0 Å². The summed E-state index contributed by atoms with van der Waals surface area (Å²) in [6.07, 6.45) is 3.85. The lowest BCUT2D eigenvalue weighted by molar-refractivity contribution is -0.130. The standard InChI is InChI=1S/C21H22N4O3/c1-16(26)23-10-12-24(13-11-23)21(27)18-6-2-3-7-19(18)28-15-17-14-25-9-5-4-8-20(25)22-17/h2-9,14H,10-13,15H2,1H3. The Morgan fingerprint density at radius 1 is 1.00 bits per heavy atom. The van der Waals surface area contributed by atoms with Gasteiger partial charge in [-0.25, -0.2) is 4.98 Å². The van der Waals surface area contributed by atoms with Gasteiger partial charge in [0.2, 0.25) is 5.91 Å². The first kappa shape index (κ1) is 18.0. The zero-order valence-electron chi connectivity index (χ0n) is 15.7. The molecular formula is C21H22N4O3. The van der Waals surface area contributed by atoms with E-state index in [2.05, 4.69) is 4.98 Å². The molecule has 1 aliphatic heterocycles. The van der Waals surface area contributed by atoms with Crippen LogP contribution in [0.5, 0.6) is 5.75 Å². The van der Waals surface area contributed by atoms with E-state index in [-0.39, 0.29) is 18.4 Å². The number of pyridine rings is 1. The fourth-order valence-electron chi connectivity index (χ4n) is 3.37. The molecule has 3 heterocycles. The lowest BCUT2D eigenvalue weighted by atomic mass is 10.1. The molecule has 28 heavy (non-hydrogen) atoms. The van der Waals surface area contributed by atoms with E-state index in [1.54, 1.807) is 28.9 Å². The van der Waals surface area contributed by atoms with Crippen LogP contribution in [0.4, 0.5) is 0 Å². The number of rotatable bonds is 4. The van der Waals surface area contributed by atoms with Gasteiger partial charge in [0.25, 0.3) is 5.91 Å². The third-order valence-corrected chi connectivity index (χ3v) is 4.92. The number of carbonyl (C=O) groups excluding carboxylic acids is 2. The van der Waals surface area contributed by atoms with Crippen LogP contribution in [-0.2, 0) is 11.4 Å². The van der Waals surface area contributed by atoms with Crippen molar-refractivity contribution in [2.45, 2.75) is 13.5 Å². The van der Waals surface area contributed by atoms with E-state index in [9.17, 15) is 9.59 Å². The van der Waals surface area contributed by atoms with Crippen LogP contribution in [0.2, 0.25) is 0 Å². The average Bonchev–Trinajstić information content (AvgIpc) is 3.15. The summed E-state index contributed by atoms with van der Waals surface area (Å²) in [6, 6.07) is 13.1. The topological polar surface area (TPSA) is 67.2 Å². The van der Waals surface area contributed by atoms with Crippen molar-refractivity contribution < 1.29 is 14.3 Å². The molecule has 0 radical (unpaired) electrons. The number of ether oxygens (including phenoxy) is 1. The van der Waals surface area contributed by atoms with Crippen LogP contribution in [0, 0.1) is 0 Å². The number of carbonyl (C=O) groups is 2. The fourth-order valence-corrected chi connectivity index (χ4v) is 3.37. The Hall–Kier alpha value is -3.35. The molecule has 1 fully saturated rings. The van der Waals surface area contributed by atoms with Gasteiger partial charge in [0.05, 0.1) is 11.3 Å². The first-order valence-electron chi connectivity index (χ1n) is 9.31. The number of nitrogens with zero attached hydrogens (tertiary/aromatic N) is 4. The van der Waals surface area contributed by atoms with Gasteiger partial charge in [0, 0.05) is 45.5 Å². The second-order valence-corrected chi connectivity index (χ2v) is 6.78. The number of imidazole rings is 1. The molecule has 2 aromatic heterocycles. The molecule has 3 aromatic rings. The van der Waals surface area contributed by atoms with Crippen molar-refractivity contribution in [2.75, 3.05) is 26.2 Å². The highest BCUT2D eigenvalue weighted by molar-refractivity contribution is 5.97. The van der Waals surface area contributed by atoms with Crippen molar-refractivity contribution >= 4 is 17.5 Å². The van der Waals surface area contributed by atoms with Gasteiger partial charge in [-0.3, -0.25) is 9.59 Å². The first-order chi connectivity index (χ1) is 13.6. The van der Waals surface area contributed by atoms with Crippen molar-refractivity contribution in [3.63, 3.8) is 0 Å². The summed E-state index contributed by atoms with van der Waals surface area (Å²) in [7, 11) is 0. The molecule has 144 valence electrons. The highest BCUT2D eigenvalue weighted by Crippen LogP contribution is 2.22. The molecule has 0 bridgehead atoms. The number of para-hydroxylation sites is 1. The second-order valence-electron chi connectivity index (χ2n) is 6.78. The lowest BCUT2D eigenvalue weighted by Gasteiger charge is -2.34. The summed E-state index contributed by atoms with van der Waals surface area (Å²) in [5, 5.41) is 0. The molecule has 0 aliphatic carbocycles. The molecule has 1 saturated heterocycles. The van der Waals surface area contributed by atoms with Crippen LogP contribution >= 0.6 is 0 Å². The highest BCUT2D eigenvalue weighted by Gasteiger charge is 2.25. The Morgan fingerprint density at radius 2 is 1.71 bits per heavy atom. The normalized spacial score (nSPS) is 14.3. The maximum Gasteiger partial charge on any atom is 0.257 e. The number of piperazine rings is 1. The number of fused-ring (bicyclic) bond motifs is 1. The summed E-state index contributed by atoms with van der Waals surface area (Å²) >= 11 is 0. The van der Waals surface area contributed by atoms with Crippen molar-refractivity contribution in [3.8, 4) is 5.75 Å². The van der Waals surface area contributed by atoms with Crippen LogP contribution in [0.15, 0.2) is 54.9 Å². The van der Waals surface area contributed by atoms with E-state index in [4.69, 9.17) is 4.74 Å². The van der Waals surface area contributed by atoms with Crippen molar-refractivity contribution in [3.05, 3.63) is 66.1 Å². The van der Waals surface area contributed by atoms with Crippen LogP contribution in [-0.4, -0.2) is 57.2 Å². The Bertz CT molecular complexity index is 973. The number of hydrogen-bond donors (Lipinski definition) is 0. The second kappa shape index (κ2) is 7.72. The quantitative estimate of drug-likeness (QED) is 0.698. The molecule has 4 rings (SSSR count). The van der Waals surface area contributed by atoms with E-state index in [1.807, 2.05) is 47.1 Å². The van der Waals surface area contributed by atoms with Gasteiger partial charge in [0.15, 0.2) is 0 Å². The summed E-state index contributed by atoms with van der Waals surface area (Å²) in [4.78, 5) is 32.5. The third-order valence-electron chi connectivity index (χ3n) is 4.92. The summed E-state index contributed by atoms with van der Waals surface area (Å²) < 4.78 is 7.87.